The summed E-state index contributed by atoms with van der Waals surface area (Å²) in [7, 11) is 32.2. The second-order valence-corrected chi connectivity index (χ2v) is 35.8. The van der Waals surface area contributed by atoms with Crippen molar-refractivity contribution < 1.29 is 92.8 Å². The largest absolute Gasteiger partial charge is 0.314 e. The van der Waals surface area contributed by atoms with E-state index in [4.69, 9.17) is 80.8 Å². The van der Waals surface area contributed by atoms with E-state index in [0.29, 0.717) is 42.3 Å². The number of hydrogen-bond donors (Lipinski definition) is 25. The van der Waals surface area contributed by atoms with Gasteiger partial charge < -0.3 is 133 Å². The molecule has 0 aliphatic carbocycles. The van der Waals surface area contributed by atoms with Crippen LogP contribution in [0.25, 0.3) is 10.8 Å². The summed E-state index contributed by atoms with van der Waals surface area (Å²) in [6.07, 6.45) is 0. The molecule has 0 aromatic heterocycles. The predicted molar refractivity (Wildman–Crippen MR) is 457 cm³/mol. The summed E-state index contributed by atoms with van der Waals surface area (Å²) in [5.74, 6) is 0. The van der Waals surface area contributed by atoms with Gasteiger partial charge in [0.2, 0.25) is 0 Å². The molecule has 5 aliphatic heterocycles. The summed E-state index contributed by atoms with van der Waals surface area (Å²) >= 11 is 2.44. The first kappa shape index (κ1) is 121. The molecular formula is C66H143Cl9F6Mn5N25P. The Morgan fingerprint density at radius 1 is 0.250 bits per heavy atom. The van der Waals surface area contributed by atoms with E-state index in [9.17, 15) is 25.2 Å². The molecule has 0 bridgehead atoms. The van der Waals surface area contributed by atoms with Crippen molar-refractivity contribution in [3.8, 4) is 0 Å². The molecule has 7 rings (SSSR count). The topological polar surface area (TPSA) is 301 Å². The van der Waals surface area contributed by atoms with Gasteiger partial charge in [0.05, 0.1) is 0 Å². The molecule has 2 aromatic carbocycles. The van der Waals surface area contributed by atoms with Crippen LogP contribution in [0.15, 0.2) is 42.5 Å². The van der Waals surface area contributed by atoms with E-state index in [1.54, 1.807) is 0 Å². The van der Waals surface area contributed by atoms with Crippen LogP contribution >= 0.6 is 98.7 Å². The summed E-state index contributed by atoms with van der Waals surface area (Å²) in [6.45, 7) is 57.8. The van der Waals surface area contributed by atoms with E-state index in [0.717, 1.165) is 281 Å². The Bertz CT molecular complexity index is 2030. The third kappa shape index (κ3) is 103. The third-order valence-electron chi connectivity index (χ3n) is 16.0. The van der Waals surface area contributed by atoms with Gasteiger partial charge in [-0.15, -0.1) is 0 Å². The fraction of sp³-hybridized carbons (Fsp3) is 0.848. The zero-order valence-corrected chi connectivity index (χ0v) is 80.1. The second-order valence-electron chi connectivity index (χ2n) is 26.1. The van der Waals surface area contributed by atoms with Crippen LogP contribution in [0.3, 0.4) is 0 Å². The molecule has 677 valence electrons. The van der Waals surface area contributed by atoms with Crippen molar-refractivity contribution in [3.63, 3.8) is 0 Å². The van der Waals surface area contributed by atoms with Crippen molar-refractivity contribution in [2.24, 2.45) is 0 Å². The standard InChI is InChI=1S/C20H31N5.3C12H29N5.C10H25N5.9ClH.F6P.5Mn/c1-2-6-18-17(4-1)5-3-7-19(18)20-16-24-13-12-22-9-8-21-10-11-23-14-15-25-20;1-11-9-14-4-3-13-5-7-16-12(2)10-15-6-8-17-11;2*1-11-9-15-6-5-13-3-4-14-7-8-16-12(2)10-17-11;1-2-12-5-6-14-9-10-15-8-7-13-4-3-11-1;;;;;;;;;;1-7(2,3,4,5)6;;;;;/h1-7,20-25H,8-16H2;3*11-17H,3-10H2,1-2H3;11-15H,1-10H2;9*1H;;;;;;/q;;;;;;;;;;;;;;-1;5*+2/p-9/t;2*11-,12+;11-,12-;;;;;;;;;;;;;;;;/m.110................/s1. The molecule has 0 saturated carbocycles. The van der Waals surface area contributed by atoms with Crippen molar-refractivity contribution in [1.29, 1.82) is 0 Å². The predicted octanol–water partition coefficient (Wildman–Crippen LogP) is 4.54. The molecule has 25 nitrogen and oxygen atoms in total. The minimum atomic E-state index is -10.7. The molecule has 0 radical (unpaired) electrons. The first-order valence-corrected chi connectivity index (χ1v) is 55.1. The number of benzene rings is 2. The Morgan fingerprint density at radius 3 is 0.688 bits per heavy atom. The average Bonchev–Trinajstić information content (AvgIpc) is 0.801. The molecule has 7 atom stereocenters. The van der Waals surface area contributed by atoms with Gasteiger partial charge in [0, 0.05) is 324 Å². The van der Waals surface area contributed by atoms with E-state index >= 15 is 0 Å². The van der Waals surface area contributed by atoms with Crippen LogP contribution in [0.4, 0.5) is 25.2 Å². The Labute approximate surface area is 741 Å². The number of hydrogen-bond acceptors (Lipinski definition) is 25. The van der Waals surface area contributed by atoms with Gasteiger partial charge in [-0.25, -0.2) is 0 Å². The molecule has 0 spiro atoms. The summed E-state index contributed by atoms with van der Waals surface area (Å²) in [5.41, 5.74) is 1.38. The van der Waals surface area contributed by atoms with Crippen molar-refractivity contribution in [3.05, 3.63) is 48.0 Å². The van der Waals surface area contributed by atoms with Crippen LogP contribution < -0.4 is 133 Å². The van der Waals surface area contributed by atoms with Crippen LogP contribution in [0.1, 0.15) is 53.1 Å². The van der Waals surface area contributed by atoms with E-state index in [-0.39, 0.29) is 52.5 Å². The maximum absolute atomic E-state index is 10.7. The molecule has 2 aromatic rings. The first-order chi connectivity index (χ1) is 53.9. The molecule has 5 fully saturated rings. The van der Waals surface area contributed by atoms with Gasteiger partial charge in [-0.3, -0.25) is 0 Å². The molecule has 112 heavy (non-hydrogen) atoms. The summed E-state index contributed by atoms with van der Waals surface area (Å²) in [6, 6.07) is 18.8. The molecule has 25 N–H and O–H groups in total. The van der Waals surface area contributed by atoms with E-state index in [2.05, 4.69) is 242 Å². The minimum absolute atomic E-state index is 0.00694. The number of halogens is 15. The van der Waals surface area contributed by atoms with Crippen molar-refractivity contribution in [2.75, 3.05) is 281 Å². The van der Waals surface area contributed by atoms with Crippen LogP contribution in [-0.4, -0.2) is 318 Å². The fourth-order valence-electron chi connectivity index (χ4n) is 10.4. The SMILES string of the molecule is C1CNCCNCCNCCNCCN1.C[C@@H]1CNCCNCCNCCN[C@@H](C)CN1.C[C@@H]1CNCCNCCN[C@@H](C)CNCCN1.C[C@H]1CNCCNCCNCCN[C@@H](C)CN1.F[P-](F)(F)(F)(F)F.[Cl][Mn+].[Cl][Mn][Cl].[Cl][Mn][Cl].[Cl][Mn][Cl].[Cl][Mn][Cl].c1ccc2c(C3CNCCNCCNCCNCCN3)cccc2c1. The summed E-state index contributed by atoms with van der Waals surface area (Å²) in [5, 5.41) is 89.3. The van der Waals surface area contributed by atoms with Crippen molar-refractivity contribution in [2.45, 2.75) is 83.8 Å². The molecule has 5 heterocycles. The first-order valence-electron chi connectivity index (χ1n) is 38.5. The number of rotatable bonds is 1. The van der Waals surface area contributed by atoms with Gasteiger partial charge in [0.15, 0.2) is 0 Å². The van der Waals surface area contributed by atoms with Crippen molar-refractivity contribution in [1.82, 2.24) is 133 Å². The molecule has 5 aliphatic rings. The van der Waals surface area contributed by atoms with Gasteiger partial charge in [-0.1, -0.05) is 42.5 Å². The minimum Gasteiger partial charge on any atom is -0.314 e. The average molecular weight is 2030 g/mol. The Hall–Kier alpha value is 2.92. The Balaban J connectivity index is -0.000000616. The van der Waals surface area contributed by atoms with Crippen LogP contribution in [0, 0.1) is 0 Å². The van der Waals surface area contributed by atoms with Gasteiger partial charge >= 0.3 is 192 Å². The third-order valence-corrected chi connectivity index (χ3v) is 16.0. The molecule has 1 unspecified atom stereocenters. The zero-order chi connectivity index (χ0) is 84.0. The quantitative estimate of drug-likeness (QED) is 0.106. The van der Waals surface area contributed by atoms with Gasteiger partial charge in [-0.05, 0) is 57.9 Å². The van der Waals surface area contributed by atoms with Gasteiger partial charge in [-0.2, -0.15) is 0 Å². The van der Waals surface area contributed by atoms with Crippen LogP contribution in [0.5, 0.6) is 0 Å². The molecule has 0 amide bonds. The molecule has 5 saturated heterocycles. The van der Waals surface area contributed by atoms with Crippen LogP contribution in [-0.2, 0) is 67.6 Å². The van der Waals surface area contributed by atoms with Gasteiger partial charge in [0.1, 0.15) is 0 Å². The van der Waals surface area contributed by atoms with Crippen LogP contribution in [0.2, 0.25) is 0 Å². The molecular weight excluding hydrogens is 1880 g/mol. The number of nitrogens with one attached hydrogen (secondary N) is 25. The molecule has 46 heteroatoms. The Morgan fingerprint density at radius 2 is 0.429 bits per heavy atom. The fourth-order valence-corrected chi connectivity index (χ4v) is 10.4. The number of fused-ring (bicyclic) bond motifs is 1. The Kier molecular flexibility index (Phi) is 97.6. The monoisotopic (exact) mass is 2020 g/mol. The van der Waals surface area contributed by atoms with E-state index in [1.807, 2.05) is 0 Å². The maximum Gasteiger partial charge on any atom is 0.0453 e. The van der Waals surface area contributed by atoms with Gasteiger partial charge in [0.25, 0.3) is 0 Å². The summed E-state index contributed by atoms with van der Waals surface area (Å²) < 4.78 is 59.2. The second kappa shape index (κ2) is 90.2. The smallest absolute Gasteiger partial charge is 0.0453 e. The van der Waals surface area contributed by atoms with Crippen molar-refractivity contribution >= 4 is 109 Å². The normalized spacial score (nSPS) is 24.6. The van der Waals surface area contributed by atoms with E-state index < -0.39 is 7.81 Å². The summed E-state index contributed by atoms with van der Waals surface area (Å²) in [4.78, 5) is 0. The van der Waals surface area contributed by atoms with E-state index in [1.165, 1.54) is 16.3 Å². The maximum atomic E-state index is 9.87. The zero-order valence-electron chi connectivity index (χ0n) is 66.5.